The Morgan fingerprint density at radius 2 is 2.18 bits per heavy atom. The second-order valence-electron chi connectivity index (χ2n) is 4.16. The molecule has 0 radical (unpaired) electrons. The van der Waals surface area contributed by atoms with Crippen LogP contribution in [0.4, 0.5) is 0 Å². The van der Waals surface area contributed by atoms with Gasteiger partial charge >= 0.3 is 0 Å². The molecule has 1 aliphatic carbocycles. The molecule has 1 fully saturated rings. The molecule has 92 valence electrons. The third-order valence-corrected chi connectivity index (χ3v) is 3.07. The first-order valence-corrected chi connectivity index (χ1v) is 6.01. The number of nitrogens with one attached hydrogen (secondary N) is 1. The van der Waals surface area contributed by atoms with Gasteiger partial charge in [0, 0.05) is 0 Å². The second kappa shape index (κ2) is 5.42. The van der Waals surface area contributed by atoms with E-state index in [1.807, 2.05) is 0 Å². The van der Waals surface area contributed by atoms with E-state index in [0.717, 1.165) is 25.7 Å². The van der Waals surface area contributed by atoms with Gasteiger partial charge in [-0.2, -0.15) is 0 Å². The zero-order chi connectivity index (χ0) is 12.3. The number of carbonyl (C=O) groups is 1. The number of rotatable bonds is 2. The highest BCUT2D eigenvalue weighted by Gasteiger charge is 2.25. The fraction of sp³-hybridized carbons (Fsp3) is 0.545. The van der Waals surface area contributed by atoms with Gasteiger partial charge in [-0.05, 0) is 12.8 Å². The van der Waals surface area contributed by atoms with Crippen LogP contribution in [0, 0.1) is 0 Å². The van der Waals surface area contributed by atoms with E-state index in [1.165, 1.54) is 12.4 Å². The normalized spacial score (nSPS) is 24.4. The first kappa shape index (κ1) is 12.3. The van der Waals surface area contributed by atoms with Gasteiger partial charge < -0.3 is 10.4 Å². The zero-order valence-corrected chi connectivity index (χ0v) is 10.0. The van der Waals surface area contributed by atoms with E-state index >= 15 is 0 Å². The topological polar surface area (TPSA) is 75.1 Å². The number of halogens is 1. The number of hydrogen-bond donors (Lipinski definition) is 2. The molecule has 0 aromatic carbocycles. The van der Waals surface area contributed by atoms with E-state index in [9.17, 15) is 9.90 Å². The number of hydrogen-bond acceptors (Lipinski definition) is 4. The minimum absolute atomic E-state index is 0.176. The van der Waals surface area contributed by atoms with Gasteiger partial charge in [-0.15, -0.1) is 0 Å². The van der Waals surface area contributed by atoms with Crippen molar-refractivity contribution in [2.45, 2.75) is 37.8 Å². The minimum Gasteiger partial charge on any atom is -0.391 e. The summed E-state index contributed by atoms with van der Waals surface area (Å²) < 4.78 is 0. The largest absolute Gasteiger partial charge is 0.391 e. The van der Waals surface area contributed by atoms with Gasteiger partial charge in [-0.3, -0.25) is 9.78 Å². The summed E-state index contributed by atoms with van der Waals surface area (Å²) in [5.41, 5.74) is 0.176. The molecule has 2 N–H and O–H groups in total. The third-order valence-electron chi connectivity index (χ3n) is 2.88. The average Bonchev–Trinajstić information content (AvgIpc) is 2.32. The monoisotopic (exact) mass is 255 g/mol. The highest BCUT2D eigenvalue weighted by Crippen LogP contribution is 2.18. The molecular weight excluding hydrogens is 242 g/mol. The van der Waals surface area contributed by atoms with Crippen LogP contribution in [0.2, 0.25) is 5.15 Å². The SMILES string of the molecule is O=C(NC1CCCCC1O)c1cncc(Cl)n1. The lowest BCUT2D eigenvalue weighted by Crippen LogP contribution is -2.45. The van der Waals surface area contributed by atoms with Crippen LogP contribution in [-0.4, -0.2) is 33.1 Å². The lowest BCUT2D eigenvalue weighted by atomic mass is 9.92. The molecule has 1 aromatic rings. The van der Waals surface area contributed by atoms with Crippen molar-refractivity contribution in [1.29, 1.82) is 0 Å². The predicted octanol–water partition coefficient (Wildman–Crippen LogP) is 1.16. The maximum atomic E-state index is 11.8. The van der Waals surface area contributed by atoms with Crippen LogP contribution in [-0.2, 0) is 0 Å². The molecular formula is C11H14ClN3O2. The molecule has 2 atom stereocenters. The lowest BCUT2D eigenvalue weighted by Gasteiger charge is -2.28. The maximum Gasteiger partial charge on any atom is 0.271 e. The van der Waals surface area contributed by atoms with Crippen molar-refractivity contribution in [1.82, 2.24) is 15.3 Å². The molecule has 1 aromatic heterocycles. The molecule has 0 saturated heterocycles. The number of amides is 1. The standard InChI is InChI=1S/C11H14ClN3O2/c12-10-6-13-5-8(14-10)11(17)15-7-3-1-2-4-9(7)16/h5-7,9,16H,1-4H2,(H,15,17). The Balaban J connectivity index is 2.01. The van der Waals surface area contributed by atoms with Crippen LogP contribution in [0.1, 0.15) is 36.2 Å². The lowest BCUT2D eigenvalue weighted by molar-refractivity contribution is 0.0713. The van der Waals surface area contributed by atoms with Crippen molar-refractivity contribution < 1.29 is 9.90 Å². The Kier molecular flexibility index (Phi) is 3.91. The highest BCUT2D eigenvalue weighted by molar-refractivity contribution is 6.29. The quantitative estimate of drug-likeness (QED) is 0.832. The Hall–Kier alpha value is -1.20. The molecule has 2 rings (SSSR count). The van der Waals surface area contributed by atoms with Gasteiger partial charge in [0.05, 0.1) is 24.5 Å². The number of aliphatic hydroxyl groups is 1. The van der Waals surface area contributed by atoms with E-state index < -0.39 is 6.10 Å². The molecule has 0 aliphatic heterocycles. The van der Waals surface area contributed by atoms with Crippen LogP contribution in [0.15, 0.2) is 12.4 Å². The molecule has 1 aliphatic rings. The molecule has 2 unspecified atom stereocenters. The molecule has 1 heterocycles. The molecule has 1 amide bonds. The number of aliphatic hydroxyl groups excluding tert-OH is 1. The molecule has 17 heavy (non-hydrogen) atoms. The second-order valence-corrected chi connectivity index (χ2v) is 4.55. The van der Waals surface area contributed by atoms with Gasteiger partial charge in [0.1, 0.15) is 10.8 Å². The average molecular weight is 256 g/mol. The number of nitrogens with zero attached hydrogens (tertiary/aromatic N) is 2. The summed E-state index contributed by atoms with van der Waals surface area (Å²) in [7, 11) is 0. The molecule has 0 bridgehead atoms. The summed E-state index contributed by atoms with van der Waals surface area (Å²) in [4.78, 5) is 19.5. The summed E-state index contributed by atoms with van der Waals surface area (Å²) in [6.45, 7) is 0. The van der Waals surface area contributed by atoms with Crippen molar-refractivity contribution in [2.75, 3.05) is 0 Å². The zero-order valence-electron chi connectivity index (χ0n) is 9.27. The van der Waals surface area contributed by atoms with E-state index in [-0.39, 0.29) is 22.8 Å². The third kappa shape index (κ3) is 3.14. The van der Waals surface area contributed by atoms with Crippen molar-refractivity contribution in [3.05, 3.63) is 23.2 Å². The first-order valence-electron chi connectivity index (χ1n) is 5.63. The molecule has 1 saturated carbocycles. The van der Waals surface area contributed by atoms with E-state index in [2.05, 4.69) is 15.3 Å². The van der Waals surface area contributed by atoms with Gasteiger partial charge in [-0.1, -0.05) is 24.4 Å². The van der Waals surface area contributed by atoms with Crippen molar-refractivity contribution in [2.24, 2.45) is 0 Å². The summed E-state index contributed by atoms with van der Waals surface area (Å²) in [6.07, 6.45) is 5.80. The molecule has 0 spiro atoms. The fourth-order valence-corrected chi connectivity index (χ4v) is 2.12. The Morgan fingerprint density at radius 1 is 1.41 bits per heavy atom. The van der Waals surface area contributed by atoms with Crippen molar-refractivity contribution in [3.63, 3.8) is 0 Å². The first-order chi connectivity index (χ1) is 8.16. The van der Waals surface area contributed by atoms with E-state index in [1.54, 1.807) is 0 Å². The summed E-state index contributed by atoms with van der Waals surface area (Å²) in [5.74, 6) is -0.342. The Morgan fingerprint density at radius 3 is 2.88 bits per heavy atom. The van der Waals surface area contributed by atoms with Gasteiger partial charge in [0.25, 0.3) is 5.91 Å². The predicted molar refractivity (Wildman–Crippen MR) is 62.8 cm³/mol. The summed E-state index contributed by atoms with van der Waals surface area (Å²) >= 11 is 5.66. The maximum absolute atomic E-state index is 11.8. The fourth-order valence-electron chi connectivity index (χ4n) is 1.97. The van der Waals surface area contributed by atoms with Crippen molar-refractivity contribution in [3.8, 4) is 0 Å². The smallest absolute Gasteiger partial charge is 0.271 e. The van der Waals surface area contributed by atoms with Crippen LogP contribution < -0.4 is 5.32 Å². The van der Waals surface area contributed by atoms with Crippen LogP contribution in [0.5, 0.6) is 0 Å². The van der Waals surface area contributed by atoms with Crippen LogP contribution >= 0.6 is 11.6 Å². The number of carbonyl (C=O) groups excluding carboxylic acids is 1. The van der Waals surface area contributed by atoms with E-state index in [4.69, 9.17) is 11.6 Å². The molecule has 5 nitrogen and oxygen atoms in total. The number of aromatic nitrogens is 2. The van der Waals surface area contributed by atoms with Crippen LogP contribution in [0.3, 0.4) is 0 Å². The van der Waals surface area contributed by atoms with E-state index in [0.29, 0.717) is 0 Å². The summed E-state index contributed by atoms with van der Waals surface area (Å²) in [6, 6.07) is -0.197. The Labute approximate surface area is 104 Å². The Bertz CT molecular complexity index is 413. The van der Waals surface area contributed by atoms with Gasteiger partial charge in [0.15, 0.2) is 0 Å². The van der Waals surface area contributed by atoms with Crippen LogP contribution in [0.25, 0.3) is 0 Å². The minimum atomic E-state index is -0.472. The van der Waals surface area contributed by atoms with Gasteiger partial charge in [0.2, 0.25) is 0 Å². The summed E-state index contributed by atoms with van der Waals surface area (Å²) in [5, 5.41) is 12.7. The van der Waals surface area contributed by atoms with Gasteiger partial charge in [-0.25, -0.2) is 4.98 Å². The highest BCUT2D eigenvalue weighted by atomic mass is 35.5. The molecule has 6 heteroatoms. The van der Waals surface area contributed by atoms with Crippen molar-refractivity contribution >= 4 is 17.5 Å².